The molecule has 1 rings (SSSR count). The van der Waals surface area contributed by atoms with E-state index in [1.165, 1.54) is 4.68 Å². The van der Waals surface area contributed by atoms with Gasteiger partial charge in [0.15, 0.2) is 0 Å². The van der Waals surface area contributed by atoms with Crippen molar-refractivity contribution in [3.05, 3.63) is 18.0 Å². The second kappa shape index (κ2) is 3.71. The van der Waals surface area contributed by atoms with E-state index in [4.69, 9.17) is 5.26 Å². The van der Waals surface area contributed by atoms with Crippen LogP contribution in [0.25, 0.3) is 0 Å². The van der Waals surface area contributed by atoms with Crippen LogP contribution in [-0.4, -0.2) is 16.5 Å². The number of halogens is 1. The average molecular weight is 153 g/mol. The summed E-state index contributed by atoms with van der Waals surface area (Å²) < 4.78 is 13.3. The fourth-order valence-corrected chi connectivity index (χ4v) is 0.873. The van der Waals surface area contributed by atoms with Gasteiger partial charge in [-0.05, 0) is 6.07 Å². The van der Waals surface area contributed by atoms with Crippen LogP contribution in [0.2, 0.25) is 0 Å². The first-order valence-electron chi connectivity index (χ1n) is 3.32. The summed E-state index contributed by atoms with van der Waals surface area (Å²) >= 11 is 0. The zero-order valence-corrected chi connectivity index (χ0v) is 6.00. The maximum absolute atomic E-state index is 11.8. The predicted octanol–water partition coefficient (Wildman–Crippen LogP) is 0.919. The number of aromatic nitrogens is 2. The molecular formula is C7H8FN3. The molecule has 0 bridgehead atoms. The van der Waals surface area contributed by atoms with Gasteiger partial charge in [0.1, 0.15) is 6.67 Å². The van der Waals surface area contributed by atoms with Crippen LogP contribution in [0.3, 0.4) is 0 Å². The third-order valence-corrected chi connectivity index (χ3v) is 1.36. The molecule has 0 aliphatic heterocycles. The Morgan fingerprint density at radius 2 is 2.55 bits per heavy atom. The molecule has 1 aromatic heterocycles. The van der Waals surface area contributed by atoms with Gasteiger partial charge in [-0.2, -0.15) is 10.4 Å². The lowest BCUT2D eigenvalue weighted by Crippen LogP contribution is -2.05. The molecule has 0 fully saturated rings. The van der Waals surface area contributed by atoms with Gasteiger partial charge >= 0.3 is 0 Å². The molecule has 0 saturated carbocycles. The van der Waals surface area contributed by atoms with Gasteiger partial charge in [0.2, 0.25) is 0 Å². The highest BCUT2D eigenvalue weighted by atomic mass is 19.1. The summed E-state index contributed by atoms with van der Waals surface area (Å²) in [5, 5.41) is 12.2. The highest BCUT2D eigenvalue weighted by Crippen LogP contribution is 1.98. The minimum Gasteiger partial charge on any atom is -0.266 e. The highest BCUT2D eigenvalue weighted by Gasteiger charge is 1.99. The van der Waals surface area contributed by atoms with E-state index >= 15 is 0 Å². The number of aryl methyl sites for hydroxylation is 1. The van der Waals surface area contributed by atoms with Gasteiger partial charge in [0.05, 0.1) is 24.7 Å². The molecule has 58 valence electrons. The SMILES string of the molecule is N#CCc1ccnn1CCF. The molecule has 0 unspecified atom stereocenters. The first-order chi connectivity index (χ1) is 5.38. The molecule has 1 heterocycles. The van der Waals surface area contributed by atoms with Crippen molar-refractivity contribution >= 4 is 0 Å². The van der Waals surface area contributed by atoms with Crippen LogP contribution in [0.4, 0.5) is 4.39 Å². The minimum absolute atomic E-state index is 0.240. The summed E-state index contributed by atoms with van der Waals surface area (Å²) in [4.78, 5) is 0. The molecule has 3 nitrogen and oxygen atoms in total. The average Bonchev–Trinajstić information content (AvgIpc) is 2.39. The largest absolute Gasteiger partial charge is 0.266 e. The standard InChI is InChI=1S/C7H8FN3/c8-3-6-11-7(1-4-9)2-5-10-11/h2,5H,1,3,6H2. The molecular weight excluding hydrogens is 145 g/mol. The van der Waals surface area contributed by atoms with Crippen LogP contribution in [0.5, 0.6) is 0 Å². The van der Waals surface area contributed by atoms with Gasteiger partial charge in [-0.15, -0.1) is 0 Å². The highest BCUT2D eigenvalue weighted by molar-refractivity contribution is 5.06. The third kappa shape index (κ3) is 1.77. The molecule has 0 N–H and O–H groups in total. The maximum Gasteiger partial charge on any atom is 0.109 e. The Morgan fingerprint density at radius 1 is 1.73 bits per heavy atom. The normalized spacial score (nSPS) is 9.45. The van der Waals surface area contributed by atoms with Crippen LogP contribution >= 0.6 is 0 Å². The van der Waals surface area contributed by atoms with Crippen molar-refractivity contribution in [3.8, 4) is 6.07 Å². The molecule has 4 heteroatoms. The Labute approximate surface area is 64.1 Å². The van der Waals surface area contributed by atoms with Crippen LogP contribution in [-0.2, 0) is 13.0 Å². The topological polar surface area (TPSA) is 41.6 Å². The lowest BCUT2D eigenvalue weighted by molar-refractivity contribution is 0.421. The maximum atomic E-state index is 11.8. The third-order valence-electron chi connectivity index (χ3n) is 1.36. The van der Waals surface area contributed by atoms with Crippen molar-refractivity contribution in [2.45, 2.75) is 13.0 Å². The quantitative estimate of drug-likeness (QED) is 0.647. The summed E-state index contributed by atoms with van der Waals surface area (Å²) in [6.07, 6.45) is 1.86. The van der Waals surface area contributed by atoms with E-state index in [9.17, 15) is 4.39 Å². The van der Waals surface area contributed by atoms with Crippen LogP contribution in [0.15, 0.2) is 12.3 Å². The molecule has 11 heavy (non-hydrogen) atoms. The van der Waals surface area contributed by atoms with Crippen LogP contribution < -0.4 is 0 Å². The van der Waals surface area contributed by atoms with Gasteiger partial charge in [-0.1, -0.05) is 0 Å². The molecule has 0 saturated heterocycles. The smallest absolute Gasteiger partial charge is 0.109 e. The Bertz CT molecular complexity index is 261. The number of nitrogens with zero attached hydrogens (tertiary/aromatic N) is 3. The predicted molar refractivity (Wildman–Crippen MR) is 37.5 cm³/mol. The summed E-state index contributed by atoms with van der Waals surface area (Å²) in [7, 11) is 0. The number of hydrogen-bond acceptors (Lipinski definition) is 2. The summed E-state index contributed by atoms with van der Waals surface area (Å²) in [5.41, 5.74) is 0.769. The zero-order chi connectivity index (χ0) is 8.10. The van der Waals surface area contributed by atoms with Crippen molar-refractivity contribution in [2.75, 3.05) is 6.67 Å². The second-order valence-electron chi connectivity index (χ2n) is 2.07. The second-order valence-corrected chi connectivity index (χ2v) is 2.07. The number of hydrogen-bond donors (Lipinski definition) is 0. The van der Waals surface area contributed by atoms with Crippen molar-refractivity contribution in [1.29, 1.82) is 5.26 Å². The Hall–Kier alpha value is -1.37. The van der Waals surface area contributed by atoms with E-state index in [1.54, 1.807) is 12.3 Å². The molecule has 0 atom stereocenters. The molecule has 1 aromatic rings. The van der Waals surface area contributed by atoms with Crippen molar-refractivity contribution in [3.63, 3.8) is 0 Å². The van der Waals surface area contributed by atoms with E-state index in [1.807, 2.05) is 6.07 Å². The van der Waals surface area contributed by atoms with Crippen LogP contribution in [0, 0.1) is 11.3 Å². The van der Waals surface area contributed by atoms with E-state index in [0.717, 1.165) is 5.69 Å². The van der Waals surface area contributed by atoms with Crippen molar-refractivity contribution in [1.82, 2.24) is 9.78 Å². The van der Waals surface area contributed by atoms with Gasteiger partial charge in [-0.25, -0.2) is 4.39 Å². The monoisotopic (exact) mass is 153 g/mol. The molecule has 0 amide bonds. The first kappa shape index (κ1) is 7.73. The Balaban J connectivity index is 2.71. The summed E-state index contributed by atoms with van der Waals surface area (Å²) in [6, 6.07) is 3.71. The number of alkyl halides is 1. The minimum atomic E-state index is -0.444. The van der Waals surface area contributed by atoms with E-state index in [2.05, 4.69) is 5.10 Å². The van der Waals surface area contributed by atoms with E-state index in [-0.39, 0.29) is 6.54 Å². The van der Waals surface area contributed by atoms with Gasteiger partial charge in [0.25, 0.3) is 0 Å². The van der Waals surface area contributed by atoms with E-state index < -0.39 is 6.67 Å². The molecule has 0 aromatic carbocycles. The van der Waals surface area contributed by atoms with Crippen molar-refractivity contribution < 1.29 is 4.39 Å². The lowest BCUT2D eigenvalue weighted by Gasteiger charge is -1.99. The Morgan fingerprint density at radius 3 is 3.18 bits per heavy atom. The molecule has 0 aliphatic carbocycles. The molecule has 0 aliphatic rings. The van der Waals surface area contributed by atoms with Gasteiger partial charge in [0, 0.05) is 6.20 Å². The molecule has 0 spiro atoms. The zero-order valence-electron chi connectivity index (χ0n) is 6.00. The fraction of sp³-hybridized carbons (Fsp3) is 0.429. The number of nitriles is 1. The van der Waals surface area contributed by atoms with Gasteiger partial charge in [-0.3, -0.25) is 4.68 Å². The first-order valence-corrected chi connectivity index (χ1v) is 3.32. The Kier molecular flexibility index (Phi) is 2.61. The summed E-state index contributed by atoms with van der Waals surface area (Å²) in [5.74, 6) is 0. The summed E-state index contributed by atoms with van der Waals surface area (Å²) in [6.45, 7) is -0.204. The fourth-order valence-electron chi connectivity index (χ4n) is 0.873. The van der Waals surface area contributed by atoms with E-state index in [0.29, 0.717) is 6.42 Å². The lowest BCUT2D eigenvalue weighted by atomic mass is 10.3. The van der Waals surface area contributed by atoms with Gasteiger partial charge < -0.3 is 0 Å². The van der Waals surface area contributed by atoms with Crippen LogP contribution in [0.1, 0.15) is 5.69 Å². The van der Waals surface area contributed by atoms with Crippen molar-refractivity contribution in [2.24, 2.45) is 0 Å². The number of rotatable bonds is 3. The molecule has 0 radical (unpaired) electrons.